The summed E-state index contributed by atoms with van der Waals surface area (Å²) >= 11 is 5.58. The Labute approximate surface area is 102 Å². The van der Waals surface area contributed by atoms with Crippen molar-refractivity contribution < 1.29 is 4.74 Å². The van der Waals surface area contributed by atoms with E-state index in [9.17, 15) is 0 Å². The summed E-state index contributed by atoms with van der Waals surface area (Å²) in [7, 11) is 0. The Morgan fingerprint density at radius 1 is 1.80 bits per heavy atom. The van der Waals surface area contributed by atoms with Crippen molar-refractivity contribution in [1.29, 1.82) is 0 Å². The molecule has 3 rings (SSSR count). The molecule has 3 heterocycles. The fraction of sp³-hybridized carbons (Fsp3) is 0.700. The van der Waals surface area contributed by atoms with Gasteiger partial charge in [-0.15, -0.1) is 0 Å². The van der Waals surface area contributed by atoms with Crippen molar-refractivity contribution in [3.05, 3.63) is 16.4 Å². The van der Waals surface area contributed by atoms with Gasteiger partial charge in [0.15, 0.2) is 0 Å². The van der Waals surface area contributed by atoms with Gasteiger partial charge in [0.05, 0.1) is 16.4 Å². The van der Waals surface area contributed by atoms with Crippen LogP contribution in [0.1, 0.15) is 19.0 Å². The van der Waals surface area contributed by atoms with Crippen molar-refractivity contribution in [2.45, 2.75) is 31.6 Å². The van der Waals surface area contributed by atoms with Gasteiger partial charge >= 0.3 is 0 Å². The summed E-state index contributed by atoms with van der Waals surface area (Å²) in [5.74, 6) is 2.32. The van der Waals surface area contributed by atoms with Crippen molar-refractivity contribution in [2.75, 3.05) is 11.5 Å². The first kappa shape index (κ1) is 10.2. The Hall–Kier alpha value is -0.0000000000000000763. The van der Waals surface area contributed by atoms with Crippen LogP contribution in [0, 0.1) is 0 Å². The van der Waals surface area contributed by atoms with Gasteiger partial charge in [-0.25, -0.2) is 0 Å². The molecule has 0 aromatic carbocycles. The van der Waals surface area contributed by atoms with E-state index in [-0.39, 0.29) is 5.60 Å². The van der Waals surface area contributed by atoms with Crippen molar-refractivity contribution >= 4 is 27.7 Å². The van der Waals surface area contributed by atoms with E-state index in [0.717, 1.165) is 23.2 Å². The van der Waals surface area contributed by atoms with Crippen molar-refractivity contribution in [1.82, 2.24) is 9.78 Å². The number of aryl methyl sites for hydroxylation is 1. The first-order chi connectivity index (χ1) is 7.28. The maximum absolute atomic E-state index is 5.92. The number of hydrogen-bond donors (Lipinski definition) is 0. The molecule has 0 aliphatic carbocycles. The SMILES string of the molecule is CCn1ncc(Br)c1C12CCSCC1O2. The first-order valence-corrected chi connectivity index (χ1v) is 7.20. The molecule has 5 heteroatoms. The van der Waals surface area contributed by atoms with E-state index >= 15 is 0 Å². The number of ether oxygens (including phenoxy) is 1. The molecule has 3 nitrogen and oxygen atoms in total. The molecule has 0 N–H and O–H groups in total. The van der Waals surface area contributed by atoms with E-state index < -0.39 is 0 Å². The summed E-state index contributed by atoms with van der Waals surface area (Å²) in [5, 5.41) is 4.36. The monoisotopic (exact) mass is 288 g/mol. The van der Waals surface area contributed by atoms with Crippen LogP contribution in [-0.2, 0) is 16.9 Å². The average Bonchev–Trinajstić information content (AvgIpc) is 2.87. The second-order valence-electron chi connectivity index (χ2n) is 3.98. The molecule has 2 aliphatic heterocycles. The van der Waals surface area contributed by atoms with Gasteiger partial charge in [0.1, 0.15) is 11.7 Å². The average molecular weight is 289 g/mol. The summed E-state index contributed by atoms with van der Waals surface area (Å²) in [6.07, 6.45) is 3.41. The van der Waals surface area contributed by atoms with Gasteiger partial charge < -0.3 is 4.74 Å². The van der Waals surface area contributed by atoms with Gasteiger partial charge in [0.2, 0.25) is 0 Å². The summed E-state index contributed by atoms with van der Waals surface area (Å²) < 4.78 is 9.07. The molecule has 0 amide bonds. The van der Waals surface area contributed by atoms with Gasteiger partial charge in [-0.3, -0.25) is 4.68 Å². The van der Waals surface area contributed by atoms with Crippen LogP contribution >= 0.6 is 27.7 Å². The van der Waals surface area contributed by atoms with Crippen LogP contribution in [0.25, 0.3) is 0 Å². The minimum absolute atomic E-state index is 0.0173. The Kier molecular flexibility index (Phi) is 2.37. The van der Waals surface area contributed by atoms with Gasteiger partial charge in [-0.1, -0.05) is 0 Å². The molecule has 2 aliphatic rings. The van der Waals surface area contributed by atoms with Crippen LogP contribution in [0.15, 0.2) is 10.7 Å². The van der Waals surface area contributed by atoms with Crippen LogP contribution in [0.3, 0.4) is 0 Å². The topological polar surface area (TPSA) is 30.4 Å². The van der Waals surface area contributed by atoms with Crippen LogP contribution < -0.4 is 0 Å². The van der Waals surface area contributed by atoms with Gasteiger partial charge in [-0.05, 0) is 35.0 Å². The molecule has 0 saturated carbocycles. The lowest BCUT2D eigenvalue weighted by Crippen LogP contribution is -2.24. The molecule has 2 fully saturated rings. The number of aromatic nitrogens is 2. The zero-order chi connectivity index (χ0) is 10.5. The Morgan fingerprint density at radius 3 is 3.40 bits per heavy atom. The van der Waals surface area contributed by atoms with Crippen LogP contribution in [-0.4, -0.2) is 27.4 Å². The van der Waals surface area contributed by atoms with Crippen molar-refractivity contribution in [2.24, 2.45) is 0 Å². The minimum Gasteiger partial charge on any atom is -0.358 e. The summed E-state index contributed by atoms with van der Waals surface area (Å²) in [6, 6.07) is 0. The number of fused-ring (bicyclic) bond motifs is 1. The Bertz CT molecular complexity index is 395. The summed E-state index contributed by atoms with van der Waals surface area (Å²) in [4.78, 5) is 0. The van der Waals surface area contributed by atoms with E-state index in [2.05, 4.69) is 32.6 Å². The smallest absolute Gasteiger partial charge is 0.139 e. The van der Waals surface area contributed by atoms with Crippen molar-refractivity contribution in [3.8, 4) is 0 Å². The summed E-state index contributed by atoms with van der Waals surface area (Å²) in [5.41, 5.74) is 1.23. The number of halogens is 1. The highest BCUT2D eigenvalue weighted by Crippen LogP contribution is 2.55. The molecule has 2 saturated heterocycles. The molecule has 82 valence electrons. The zero-order valence-electron chi connectivity index (χ0n) is 8.57. The largest absolute Gasteiger partial charge is 0.358 e. The minimum atomic E-state index is -0.0173. The number of thioether (sulfide) groups is 1. The standard InChI is InChI=1S/C10H13BrN2OS/c1-2-13-9(7(11)5-12-13)10-3-4-15-6-8(10)14-10/h5,8H,2-4,6H2,1H3. The molecule has 0 radical (unpaired) electrons. The number of nitrogens with zero attached hydrogens (tertiary/aromatic N) is 2. The second-order valence-corrected chi connectivity index (χ2v) is 5.98. The Morgan fingerprint density at radius 2 is 2.67 bits per heavy atom. The van der Waals surface area contributed by atoms with Crippen LogP contribution in [0.2, 0.25) is 0 Å². The molecular weight excluding hydrogens is 276 g/mol. The van der Waals surface area contributed by atoms with E-state index in [0.29, 0.717) is 6.10 Å². The highest BCUT2D eigenvalue weighted by molar-refractivity contribution is 9.10. The van der Waals surface area contributed by atoms with Gasteiger partial charge in [-0.2, -0.15) is 16.9 Å². The molecule has 15 heavy (non-hydrogen) atoms. The van der Waals surface area contributed by atoms with Crippen LogP contribution in [0.4, 0.5) is 0 Å². The third-order valence-electron chi connectivity index (χ3n) is 3.20. The Balaban J connectivity index is 2.01. The zero-order valence-corrected chi connectivity index (χ0v) is 11.0. The first-order valence-electron chi connectivity index (χ1n) is 5.25. The quantitative estimate of drug-likeness (QED) is 0.783. The number of rotatable bonds is 2. The lowest BCUT2D eigenvalue weighted by Gasteiger charge is -2.18. The summed E-state index contributed by atoms with van der Waals surface area (Å²) in [6.45, 7) is 3.03. The fourth-order valence-electron chi connectivity index (χ4n) is 2.37. The van der Waals surface area contributed by atoms with E-state index in [1.165, 1.54) is 11.4 Å². The molecule has 1 aromatic heterocycles. The molecular formula is C10H13BrN2OS. The number of epoxide rings is 1. The fourth-order valence-corrected chi connectivity index (χ4v) is 4.17. The lowest BCUT2D eigenvalue weighted by molar-refractivity contribution is 0.281. The van der Waals surface area contributed by atoms with E-state index in [1.807, 2.05) is 18.0 Å². The maximum atomic E-state index is 5.92. The molecule has 2 unspecified atom stereocenters. The third kappa shape index (κ3) is 1.40. The predicted molar refractivity (Wildman–Crippen MR) is 64.1 cm³/mol. The second kappa shape index (κ2) is 3.50. The normalized spacial score (nSPS) is 33.9. The predicted octanol–water partition coefficient (Wildman–Crippen LogP) is 2.40. The third-order valence-corrected chi connectivity index (χ3v) is 4.81. The molecule has 2 atom stereocenters. The van der Waals surface area contributed by atoms with Crippen LogP contribution in [0.5, 0.6) is 0 Å². The molecule has 1 aromatic rings. The molecule has 0 bridgehead atoms. The van der Waals surface area contributed by atoms with Gasteiger partial charge in [0, 0.05) is 12.3 Å². The van der Waals surface area contributed by atoms with Crippen molar-refractivity contribution in [3.63, 3.8) is 0 Å². The highest BCUT2D eigenvalue weighted by atomic mass is 79.9. The van der Waals surface area contributed by atoms with E-state index in [4.69, 9.17) is 4.74 Å². The molecule has 0 spiro atoms. The number of hydrogen-bond acceptors (Lipinski definition) is 3. The highest BCUT2D eigenvalue weighted by Gasteiger charge is 2.61. The maximum Gasteiger partial charge on any atom is 0.139 e. The van der Waals surface area contributed by atoms with Gasteiger partial charge in [0.25, 0.3) is 0 Å². The lowest BCUT2D eigenvalue weighted by atomic mass is 9.98. The van der Waals surface area contributed by atoms with E-state index in [1.54, 1.807) is 0 Å².